The summed E-state index contributed by atoms with van der Waals surface area (Å²) in [5.74, 6) is -0.206. The molecule has 1 aliphatic rings. The van der Waals surface area contributed by atoms with E-state index >= 15 is 0 Å². The molecule has 19 heavy (non-hydrogen) atoms. The Kier molecular flexibility index (Phi) is 3.68. The predicted octanol–water partition coefficient (Wildman–Crippen LogP) is 1.94. The first-order valence-electron chi connectivity index (χ1n) is 6.07. The number of halogens is 3. The fraction of sp³-hybridized carbons (Fsp3) is 0.636. The van der Waals surface area contributed by atoms with Crippen LogP contribution < -0.4 is 11.1 Å². The van der Waals surface area contributed by atoms with E-state index in [1.54, 1.807) is 0 Å². The van der Waals surface area contributed by atoms with Crippen LogP contribution in [0.4, 0.5) is 18.9 Å². The summed E-state index contributed by atoms with van der Waals surface area (Å²) < 4.78 is 35.7. The summed E-state index contributed by atoms with van der Waals surface area (Å²) in [7, 11) is 0. The molecule has 1 fully saturated rings. The number of carbonyl (C=O) groups excluding carboxylic acids is 1. The van der Waals surface area contributed by atoms with Gasteiger partial charge < -0.3 is 11.1 Å². The SMILES string of the molecule is Nc1c(C(=O)NCCCC(F)(F)F)n[nH]c1C1CC1. The van der Waals surface area contributed by atoms with Gasteiger partial charge in [-0.1, -0.05) is 0 Å². The van der Waals surface area contributed by atoms with Crippen LogP contribution in [0.5, 0.6) is 0 Å². The third kappa shape index (κ3) is 3.62. The van der Waals surface area contributed by atoms with E-state index in [2.05, 4.69) is 15.5 Å². The van der Waals surface area contributed by atoms with E-state index in [-0.39, 0.29) is 18.7 Å². The van der Waals surface area contributed by atoms with Crippen LogP contribution in [0, 0.1) is 0 Å². The van der Waals surface area contributed by atoms with Gasteiger partial charge in [0.1, 0.15) is 0 Å². The number of carbonyl (C=O) groups is 1. The summed E-state index contributed by atoms with van der Waals surface area (Å²) >= 11 is 0. The van der Waals surface area contributed by atoms with Gasteiger partial charge in [0.2, 0.25) is 0 Å². The van der Waals surface area contributed by atoms with Crippen LogP contribution in [0.25, 0.3) is 0 Å². The first kappa shape index (κ1) is 13.7. The molecule has 5 nitrogen and oxygen atoms in total. The number of hydrogen-bond donors (Lipinski definition) is 3. The van der Waals surface area contributed by atoms with Crippen molar-refractivity contribution in [2.24, 2.45) is 0 Å². The average molecular weight is 276 g/mol. The fourth-order valence-electron chi connectivity index (χ4n) is 1.79. The molecule has 0 saturated heterocycles. The summed E-state index contributed by atoms with van der Waals surface area (Å²) in [5, 5.41) is 8.92. The molecule has 1 aromatic rings. The van der Waals surface area contributed by atoms with Gasteiger partial charge in [-0.15, -0.1) is 0 Å². The molecule has 1 aliphatic carbocycles. The number of nitrogens with one attached hydrogen (secondary N) is 2. The Labute approximate surface area is 107 Å². The van der Waals surface area contributed by atoms with Gasteiger partial charge in [0.25, 0.3) is 5.91 Å². The highest BCUT2D eigenvalue weighted by atomic mass is 19.4. The molecule has 0 atom stereocenters. The van der Waals surface area contributed by atoms with E-state index in [9.17, 15) is 18.0 Å². The van der Waals surface area contributed by atoms with E-state index in [0.717, 1.165) is 18.5 Å². The van der Waals surface area contributed by atoms with Crippen molar-refractivity contribution >= 4 is 11.6 Å². The van der Waals surface area contributed by atoms with Crippen LogP contribution in [-0.2, 0) is 0 Å². The number of nitrogens with two attached hydrogens (primary N) is 1. The fourth-order valence-corrected chi connectivity index (χ4v) is 1.79. The lowest BCUT2D eigenvalue weighted by Crippen LogP contribution is -2.26. The summed E-state index contributed by atoms with van der Waals surface area (Å²) in [6.07, 6.45) is -3.25. The van der Waals surface area contributed by atoms with Crippen molar-refractivity contribution in [3.05, 3.63) is 11.4 Å². The molecule has 1 amide bonds. The Morgan fingerprint density at radius 1 is 1.47 bits per heavy atom. The van der Waals surface area contributed by atoms with Crippen LogP contribution in [0.1, 0.15) is 47.8 Å². The van der Waals surface area contributed by atoms with Crippen molar-refractivity contribution in [3.8, 4) is 0 Å². The molecule has 1 saturated carbocycles. The first-order chi connectivity index (χ1) is 8.88. The van der Waals surface area contributed by atoms with Crippen molar-refractivity contribution in [1.29, 1.82) is 0 Å². The second-order valence-corrected chi connectivity index (χ2v) is 4.65. The maximum Gasteiger partial charge on any atom is 0.389 e. The number of nitrogens with zero attached hydrogens (tertiary/aromatic N) is 1. The summed E-state index contributed by atoms with van der Waals surface area (Å²) in [4.78, 5) is 11.7. The average Bonchev–Trinajstić information content (AvgIpc) is 3.07. The third-order valence-corrected chi connectivity index (χ3v) is 2.96. The predicted molar refractivity (Wildman–Crippen MR) is 62.6 cm³/mol. The number of nitrogen functional groups attached to an aromatic ring is 1. The number of aromatic amines is 1. The molecule has 0 spiro atoms. The van der Waals surface area contributed by atoms with Gasteiger partial charge in [-0.05, 0) is 19.3 Å². The molecular weight excluding hydrogens is 261 g/mol. The van der Waals surface area contributed by atoms with Gasteiger partial charge in [-0.25, -0.2) is 0 Å². The smallest absolute Gasteiger partial charge is 0.389 e. The van der Waals surface area contributed by atoms with E-state index in [4.69, 9.17) is 5.73 Å². The van der Waals surface area contributed by atoms with Gasteiger partial charge in [0.05, 0.1) is 11.4 Å². The van der Waals surface area contributed by atoms with Crippen LogP contribution in [0.3, 0.4) is 0 Å². The summed E-state index contributed by atoms with van der Waals surface area (Å²) in [6.45, 7) is -0.0522. The lowest BCUT2D eigenvalue weighted by atomic mass is 10.2. The minimum atomic E-state index is -4.20. The third-order valence-electron chi connectivity index (χ3n) is 2.96. The van der Waals surface area contributed by atoms with Gasteiger partial charge >= 0.3 is 6.18 Å². The molecule has 0 bridgehead atoms. The highest BCUT2D eigenvalue weighted by molar-refractivity contribution is 5.97. The van der Waals surface area contributed by atoms with Crippen LogP contribution in [-0.4, -0.2) is 28.8 Å². The maximum absolute atomic E-state index is 11.9. The number of alkyl halides is 3. The molecule has 106 valence electrons. The standard InChI is InChI=1S/C11H15F3N4O/c12-11(13,14)4-1-5-16-10(19)9-7(15)8(17-18-9)6-2-3-6/h6H,1-5,15H2,(H,16,19)(H,17,18). The monoisotopic (exact) mass is 276 g/mol. The maximum atomic E-state index is 11.9. The normalized spacial score (nSPS) is 15.5. The Hall–Kier alpha value is -1.73. The number of rotatable bonds is 5. The zero-order valence-corrected chi connectivity index (χ0v) is 10.2. The number of amides is 1. The zero-order chi connectivity index (χ0) is 14.0. The molecule has 0 unspecified atom stereocenters. The van der Waals surface area contributed by atoms with Crippen LogP contribution in [0.15, 0.2) is 0 Å². The Morgan fingerprint density at radius 3 is 2.74 bits per heavy atom. The van der Waals surface area contributed by atoms with E-state index in [0.29, 0.717) is 11.6 Å². The zero-order valence-electron chi connectivity index (χ0n) is 10.2. The van der Waals surface area contributed by atoms with E-state index in [1.807, 2.05) is 0 Å². The molecule has 1 aromatic heterocycles. The van der Waals surface area contributed by atoms with E-state index < -0.39 is 18.5 Å². The molecule has 1 heterocycles. The van der Waals surface area contributed by atoms with Gasteiger partial charge in [0, 0.05) is 18.9 Å². The minimum absolute atomic E-state index is 0.0522. The highest BCUT2D eigenvalue weighted by Gasteiger charge is 2.30. The Balaban J connectivity index is 1.83. The topological polar surface area (TPSA) is 83.8 Å². The molecule has 8 heteroatoms. The Bertz CT molecular complexity index is 465. The lowest BCUT2D eigenvalue weighted by Gasteiger charge is -2.06. The molecule has 0 radical (unpaired) electrons. The van der Waals surface area contributed by atoms with Crippen molar-refractivity contribution < 1.29 is 18.0 Å². The van der Waals surface area contributed by atoms with Gasteiger partial charge in [0.15, 0.2) is 5.69 Å². The number of aromatic nitrogens is 2. The molecule has 0 aromatic carbocycles. The van der Waals surface area contributed by atoms with E-state index in [1.165, 1.54) is 0 Å². The first-order valence-corrected chi connectivity index (χ1v) is 6.07. The molecule has 2 rings (SSSR count). The summed E-state index contributed by atoms with van der Waals surface area (Å²) in [6, 6.07) is 0. The Morgan fingerprint density at radius 2 is 2.16 bits per heavy atom. The largest absolute Gasteiger partial charge is 0.395 e. The van der Waals surface area contributed by atoms with Crippen LogP contribution in [0.2, 0.25) is 0 Å². The van der Waals surface area contributed by atoms with Crippen molar-refractivity contribution in [1.82, 2.24) is 15.5 Å². The second kappa shape index (κ2) is 5.10. The molecule has 0 aliphatic heterocycles. The van der Waals surface area contributed by atoms with Gasteiger partial charge in [-0.3, -0.25) is 9.89 Å². The lowest BCUT2D eigenvalue weighted by molar-refractivity contribution is -0.135. The summed E-state index contributed by atoms with van der Waals surface area (Å²) in [5.41, 5.74) is 6.90. The molecule has 4 N–H and O–H groups in total. The van der Waals surface area contributed by atoms with Crippen molar-refractivity contribution in [3.63, 3.8) is 0 Å². The number of hydrogen-bond acceptors (Lipinski definition) is 3. The number of anilines is 1. The van der Waals surface area contributed by atoms with Crippen molar-refractivity contribution in [2.75, 3.05) is 12.3 Å². The van der Waals surface area contributed by atoms with Crippen LogP contribution >= 0.6 is 0 Å². The highest BCUT2D eigenvalue weighted by Crippen LogP contribution is 2.42. The number of H-pyrrole nitrogens is 1. The minimum Gasteiger partial charge on any atom is -0.395 e. The quantitative estimate of drug-likeness (QED) is 0.719. The van der Waals surface area contributed by atoms with Gasteiger partial charge in [-0.2, -0.15) is 18.3 Å². The van der Waals surface area contributed by atoms with Crippen molar-refractivity contribution in [2.45, 2.75) is 37.8 Å². The second-order valence-electron chi connectivity index (χ2n) is 4.65. The molecular formula is C11H15F3N4O.